The zero-order chi connectivity index (χ0) is 16.1. The molecule has 0 aromatic carbocycles. The van der Waals surface area contributed by atoms with E-state index in [4.69, 9.17) is 0 Å². The lowest BCUT2D eigenvalue weighted by Crippen LogP contribution is -2.44. The van der Waals surface area contributed by atoms with Gasteiger partial charge in [-0.15, -0.1) is 11.3 Å². The smallest absolute Gasteiger partial charge is 0.217 e. The molecule has 0 radical (unpaired) electrons. The predicted molar refractivity (Wildman–Crippen MR) is 94.4 cm³/mol. The van der Waals surface area contributed by atoms with Gasteiger partial charge >= 0.3 is 0 Å². The molecule has 23 heavy (non-hydrogen) atoms. The fourth-order valence-corrected chi connectivity index (χ4v) is 5.03. The van der Waals surface area contributed by atoms with E-state index in [1.165, 1.54) is 58.0 Å². The van der Waals surface area contributed by atoms with Crippen molar-refractivity contribution in [3.63, 3.8) is 0 Å². The summed E-state index contributed by atoms with van der Waals surface area (Å²) >= 11 is 1.66. The molecule has 1 aliphatic carbocycles. The van der Waals surface area contributed by atoms with Crippen LogP contribution in [0.4, 0.5) is 0 Å². The number of likely N-dealkylation sites (tertiary alicyclic amines) is 1. The van der Waals surface area contributed by atoms with E-state index in [1.54, 1.807) is 18.3 Å². The fraction of sp³-hybridized carbons (Fsp3) is 0.778. The van der Waals surface area contributed by atoms with Gasteiger partial charge in [-0.05, 0) is 44.1 Å². The van der Waals surface area contributed by atoms with Crippen molar-refractivity contribution in [3.8, 4) is 0 Å². The Balaban J connectivity index is 1.61. The van der Waals surface area contributed by atoms with E-state index in [-0.39, 0.29) is 11.9 Å². The van der Waals surface area contributed by atoms with Gasteiger partial charge in [0.2, 0.25) is 5.91 Å². The summed E-state index contributed by atoms with van der Waals surface area (Å²) in [7, 11) is 0. The van der Waals surface area contributed by atoms with Gasteiger partial charge in [0.1, 0.15) is 5.01 Å². The highest BCUT2D eigenvalue weighted by Gasteiger charge is 2.31. The topological polar surface area (TPSA) is 45.2 Å². The van der Waals surface area contributed by atoms with Gasteiger partial charge in [-0.25, -0.2) is 4.98 Å². The maximum Gasteiger partial charge on any atom is 0.217 e. The summed E-state index contributed by atoms with van der Waals surface area (Å²) in [5, 5.41) is 6.23. The lowest BCUT2D eigenvalue weighted by molar-refractivity contribution is -0.120. The molecule has 2 atom stereocenters. The predicted octanol–water partition coefficient (Wildman–Crippen LogP) is 3.61. The van der Waals surface area contributed by atoms with Crippen LogP contribution in [0.2, 0.25) is 0 Å². The second-order valence-corrected chi connectivity index (χ2v) is 8.14. The van der Waals surface area contributed by atoms with Crippen LogP contribution in [-0.4, -0.2) is 35.4 Å². The molecule has 2 aliphatic rings. The van der Waals surface area contributed by atoms with Crippen molar-refractivity contribution in [1.82, 2.24) is 15.2 Å². The maximum absolute atomic E-state index is 11.6. The quantitative estimate of drug-likeness (QED) is 0.894. The molecule has 4 nitrogen and oxygen atoms in total. The van der Waals surface area contributed by atoms with E-state index in [1.807, 2.05) is 11.6 Å². The second kappa shape index (κ2) is 8.25. The first-order chi connectivity index (χ1) is 11.2. The van der Waals surface area contributed by atoms with Crippen molar-refractivity contribution < 1.29 is 4.79 Å². The minimum Gasteiger partial charge on any atom is -0.347 e. The van der Waals surface area contributed by atoms with Crippen molar-refractivity contribution in [2.75, 3.05) is 19.6 Å². The summed E-state index contributed by atoms with van der Waals surface area (Å²) in [6.45, 7) is 5.18. The molecule has 1 saturated carbocycles. The lowest BCUT2D eigenvalue weighted by Gasteiger charge is -2.38. The summed E-state index contributed by atoms with van der Waals surface area (Å²) in [6, 6.07) is 0.0849. The zero-order valence-corrected chi connectivity index (χ0v) is 15.0. The Bertz CT molecular complexity index is 484. The Morgan fingerprint density at radius 1 is 1.35 bits per heavy atom. The Kier molecular flexibility index (Phi) is 6.06. The molecule has 1 amide bonds. The maximum atomic E-state index is 11.6. The number of nitrogens with one attached hydrogen (secondary N) is 1. The molecule has 3 rings (SSSR count). The van der Waals surface area contributed by atoms with Crippen LogP contribution < -0.4 is 5.32 Å². The van der Waals surface area contributed by atoms with E-state index in [0.29, 0.717) is 5.92 Å². The molecule has 1 N–H and O–H groups in total. The van der Waals surface area contributed by atoms with E-state index >= 15 is 0 Å². The number of piperidine rings is 1. The normalized spacial score (nSPS) is 25.2. The van der Waals surface area contributed by atoms with Crippen LogP contribution >= 0.6 is 11.3 Å². The first kappa shape index (κ1) is 16.9. The third kappa shape index (κ3) is 4.77. The van der Waals surface area contributed by atoms with Crippen LogP contribution in [0.1, 0.15) is 62.9 Å². The molecular weight excluding hydrogens is 306 g/mol. The molecule has 1 aromatic rings. The van der Waals surface area contributed by atoms with E-state index < -0.39 is 0 Å². The van der Waals surface area contributed by atoms with Gasteiger partial charge < -0.3 is 10.2 Å². The third-order valence-electron chi connectivity index (χ3n) is 5.33. The molecule has 128 valence electrons. The van der Waals surface area contributed by atoms with Gasteiger partial charge in [0, 0.05) is 31.6 Å². The molecule has 2 fully saturated rings. The van der Waals surface area contributed by atoms with Crippen molar-refractivity contribution in [2.45, 2.75) is 57.9 Å². The van der Waals surface area contributed by atoms with Crippen LogP contribution in [0.5, 0.6) is 0 Å². The highest BCUT2D eigenvalue weighted by atomic mass is 32.1. The molecule has 0 bridgehead atoms. The average Bonchev–Trinajstić information content (AvgIpc) is 3.08. The summed E-state index contributed by atoms with van der Waals surface area (Å²) in [6.07, 6.45) is 11.3. The average molecular weight is 336 g/mol. The van der Waals surface area contributed by atoms with Crippen molar-refractivity contribution in [3.05, 3.63) is 16.6 Å². The Morgan fingerprint density at radius 2 is 2.17 bits per heavy atom. The Labute approximate surface area is 143 Å². The zero-order valence-electron chi connectivity index (χ0n) is 14.2. The number of nitrogens with zero attached hydrogens (tertiary/aromatic N) is 2. The minimum absolute atomic E-state index is 0.0506. The fourth-order valence-electron chi connectivity index (χ4n) is 4.25. The van der Waals surface area contributed by atoms with Crippen molar-refractivity contribution in [2.24, 2.45) is 11.8 Å². The van der Waals surface area contributed by atoms with Crippen molar-refractivity contribution >= 4 is 17.2 Å². The number of carbonyl (C=O) groups is 1. The number of carbonyl (C=O) groups excluding carboxylic acids is 1. The lowest BCUT2D eigenvalue weighted by atomic mass is 9.86. The standard InChI is InChI=1S/C18H29N3OS/c1-14(22)20-17(18-19-9-11-23-18)16-8-5-10-21(13-16)12-15-6-3-2-4-7-15/h9,11,15-17H,2-8,10,12-13H2,1H3,(H,20,22). The number of hydrogen-bond acceptors (Lipinski definition) is 4. The molecule has 2 unspecified atom stereocenters. The van der Waals surface area contributed by atoms with E-state index in [0.717, 1.165) is 17.5 Å². The number of amides is 1. The van der Waals surface area contributed by atoms with E-state index in [9.17, 15) is 4.79 Å². The largest absolute Gasteiger partial charge is 0.347 e. The van der Waals surface area contributed by atoms with Gasteiger partial charge in [0.05, 0.1) is 6.04 Å². The SMILES string of the molecule is CC(=O)NC(c1nccs1)C1CCCN(CC2CCCCC2)C1. The van der Waals surface area contributed by atoms with Gasteiger partial charge in [-0.2, -0.15) is 0 Å². The monoisotopic (exact) mass is 335 g/mol. The van der Waals surface area contributed by atoms with Crippen LogP contribution in [0, 0.1) is 11.8 Å². The molecular formula is C18H29N3OS. The third-order valence-corrected chi connectivity index (χ3v) is 6.19. The summed E-state index contributed by atoms with van der Waals surface area (Å²) in [5.74, 6) is 1.43. The first-order valence-corrected chi connectivity index (χ1v) is 9.99. The van der Waals surface area contributed by atoms with Gasteiger partial charge in [0.15, 0.2) is 0 Å². The van der Waals surface area contributed by atoms with Crippen LogP contribution in [0.25, 0.3) is 0 Å². The second-order valence-electron chi connectivity index (χ2n) is 7.21. The number of aromatic nitrogens is 1. The number of rotatable bonds is 5. The van der Waals surface area contributed by atoms with Crippen LogP contribution in [0.15, 0.2) is 11.6 Å². The van der Waals surface area contributed by atoms with Gasteiger partial charge in [-0.1, -0.05) is 19.3 Å². The summed E-state index contributed by atoms with van der Waals surface area (Å²) in [5.41, 5.74) is 0. The van der Waals surface area contributed by atoms with Gasteiger partial charge in [-0.3, -0.25) is 4.79 Å². The molecule has 1 saturated heterocycles. The molecule has 0 spiro atoms. The molecule has 2 heterocycles. The Hall–Kier alpha value is -0.940. The molecule has 1 aliphatic heterocycles. The first-order valence-electron chi connectivity index (χ1n) is 9.11. The van der Waals surface area contributed by atoms with Crippen LogP contribution in [0.3, 0.4) is 0 Å². The minimum atomic E-state index is 0.0506. The number of thiazole rings is 1. The van der Waals surface area contributed by atoms with Gasteiger partial charge in [0.25, 0.3) is 0 Å². The van der Waals surface area contributed by atoms with Crippen molar-refractivity contribution in [1.29, 1.82) is 0 Å². The van der Waals surface area contributed by atoms with Crippen LogP contribution in [-0.2, 0) is 4.79 Å². The van der Waals surface area contributed by atoms with E-state index in [2.05, 4.69) is 15.2 Å². The number of hydrogen-bond donors (Lipinski definition) is 1. The Morgan fingerprint density at radius 3 is 2.87 bits per heavy atom. The highest BCUT2D eigenvalue weighted by Crippen LogP contribution is 2.32. The summed E-state index contributed by atoms with van der Waals surface area (Å²) in [4.78, 5) is 18.8. The molecule has 1 aromatic heterocycles. The highest BCUT2D eigenvalue weighted by molar-refractivity contribution is 7.09. The molecule has 5 heteroatoms. The summed E-state index contributed by atoms with van der Waals surface area (Å²) < 4.78 is 0.